The normalized spacial score (nSPS) is 13.4. The number of ether oxygens (including phenoxy) is 5. The highest BCUT2D eigenvalue weighted by molar-refractivity contribution is 5.65. The molecule has 6 heteroatoms. The predicted molar refractivity (Wildman–Crippen MR) is 134 cm³/mol. The third-order valence-electron chi connectivity index (χ3n) is 5.59. The first-order valence-corrected chi connectivity index (χ1v) is 11.3. The predicted octanol–water partition coefficient (Wildman–Crippen LogP) is 5.15. The van der Waals surface area contributed by atoms with Crippen molar-refractivity contribution in [3.8, 4) is 11.5 Å². The lowest BCUT2D eigenvalue weighted by atomic mass is 9.98. The molecule has 3 rings (SSSR count). The second kappa shape index (κ2) is 13.4. The van der Waals surface area contributed by atoms with Gasteiger partial charge in [-0.3, -0.25) is 4.79 Å². The molecule has 0 spiro atoms. The number of carbonyl (C=O) groups is 1. The Morgan fingerprint density at radius 1 is 0.771 bits per heavy atom. The van der Waals surface area contributed by atoms with E-state index in [1.807, 2.05) is 78.9 Å². The third-order valence-corrected chi connectivity index (χ3v) is 5.59. The number of carbonyl (C=O) groups excluding carboxylic acids is 1. The van der Waals surface area contributed by atoms with E-state index in [0.717, 1.165) is 34.5 Å². The van der Waals surface area contributed by atoms with Crippen LogP contribution in [0.1, 0.15) is 16.7 Å². The van der Waals surface area contributed by atoms with Crippen molar-refractivity contribution in [2.24, 2.45) is 0 Å². The number of hydrogen-bond donors (Lipinski definition) is 0. The first kappa shape index (κ1) is 26.2. The summed E-state index contributed by atoms with van der Waals surface area (Å²) in [6.07, 6.45) is 1.60. The van der Waals surface area contributed by atoms with Crippen LogP contribution in [0.3, 0.4) is 0 Å². The average molecular weight is 477 g/mol. The summed E-state index contributed by atoms with van der Waals surface area (Å²) in [7, 11) is 3.24. The lowest BCUT2D eigenvalue weighted by Gasteiger charge is -2.34. The number of methoxy groups -OCH3 is 2. The average Bonchev–Trinajstić information content (AvgIpc) is 2.92. The molecule has 0 N–H and O–H groups in total. The van der Waals surface area contributed by atoms with Crippen LogP contribution in [0.25, 0.3) is 0 Å². The van der Waals surface area contributed by atoms with Crippen LogP contribution in [0, 0.1) is 0 Å². The van der Waals surface area contributed by atoms with Gasteiger partial charge >= 0.3 is 0 Å². The van der Waals surface area contributed by atoms with Gasteiger partial charge in [-0.1, -0.05) is 60.7 Å². The minimum atomic E-state index is -1.38. The Labute approximate surface area is 207 Å². The van der Waals surface area contributed by atoms with Crippen molar-refractivity contribution in [2.45, 2.75) is 31.5 Å². The van der Waals surface area contributed by atoms with Gasteiger partial charge in [0.2, 0.25) is 0 Å². The Morgan fingerprint density at radius 3 is 1.83 bits per heavy atom. The van der Waals surface area contributed by atoms with Gasteiger partial charge in [0.05, 0.1) is 40.6 Å². The zero-order valence-electron chi connectivity index (χ0n) is 20.2. The van der Waals surface area contributed by atoms with Gasteiger partial charge in [-0.15, -0.1) is 6.58 Å². The topological polar surface area (TPSA) is 63.2 Å². The molecule has 0 aliphatic heterocycles. The molecule has 0 saturated heterocycles. The molecule has 0 aromatic heterocycles. The summed E-state index contributed by atoms with van der Waals surface area (Å²) >= 11 is 0. The van der Waals surface area contributed by atoms with Crippen molar-refractivity contribution < 1.29 is 28.5 Å². The van der Waals surface area contributed by atoms with Gasteiger partial charge in [0.25, 0.3) is 0 Å². The van der Waals surface area contributed by atoms with Crippen molar-refractivity contribution in [1.29, 1.82) is 0 Å². The van der Waals surface area contributed by atoms with Crippen LogP contribution in [0.2, 0.25) is 0 Å². The zero-order valence-corrected chi connectivity index (χ0v) is 20.2. The quantitative estimate of drug-likeness (QED) is 0.223. The first-order chi connectivity index (χ1) is 17.1. The van der Waals surface area contributed by atoms with Crippen molar-refractivity contribution in [3.05, 3.63) is 108 Å². The first-order valence-electron chi connectivity index (χ1n) is 11.3. The highest BCUT2D eigenvalue weighted by Gasteiger charge is 2.40. The molecule has 0 saturated carbocycles. The van der Waals surface area contributed by atoms with Crippen LogP contribution < -0.4 is 9.47 Å². The van der Waals surface area contributed by atoms with Gasteiger partial charge in [0.1, 0.15) is 17.6 Å². The van der Waals surface area contributed by atoms with Gasteiger partial charge in [0.15, 0.2) is 11.9 Å². The summed E-state index contributed by atoms with van der Waals surface area (Å²) in [6.45, 7) is 4.69. The highest BCUT2D eigenvalue weighted by atomic mass is 16.6. The fourth-order valence-corrected chi connectivity index (χ4v) is 3.50. The molecule has 0 aliphatic rings. The highest BCUT2D eigenvalue weighted by Crippen LogP contribution is 2.24. The maximum absolute atomic E-state index is 12.5. The fraction of sp³-hybridized carbons (Fsp3) is 0.276. The largest absolute Gasteiger partial charge is 0.497 e. The van der Waals surface area contributed by atoms with Gasteiger partial charge in [-0.05, 0) is 41.0 Å². The van der Waals surface area contributed by atoms with E-state index in [4.69, 9.17) is 23.7 Å². The molecule has 0 aliphatic carbocycles. The van der Waals surface area contributed by atoms with Gasteiger partial charge in [-0.25, -0.2) is 0 Å². The van der Waals surface area contributed by atoms with Crippen molar-refractivity contribution in [3.63, 3.8) is 0 Å². The van der Waals surface area contributed by atoms with E-state index >= 15 is 0 Å². The standard InChI is InChI=1S/C29H32O6/c1-4-28(34-19-25-12-16-27(32-3)17-13-25)29(21-30,35-20-23-8-6-5-7-9-23)22-33-18-24-10-14-26(31-2)15-11-24/h4-17,21,28H,1,18-20,22H2,2-3H3/t28-,29+/m1/s1. The maximum atomic E-state index is 12.5. The van der Waals surface area contributed by atoms with Gasteiger partial charge in [-0.2, -0.15) is 0 Å². The number of rotatable bonds is 15. The van der Waals surface area contributed by atoms with Crippen LogP contribution in [0.15, 0.2) is 91.5 Å². The maximum Gasteiger partial charge on any atom is 0.176 e. The summed E-state index contributed by atoms with van der Waals surface area (Å²) in [4.78, 5) is 12.5. The monoisotopic (exact) mass is 476 g/mol. The molecule has 2 atom stereocenters. The summed E-state index contributed by atoms with van der Waals surface area (Å²) in [6, 6.07) is 24.7. The molecule has 3 aromatic rings. The Hall–Kier alpha value is -3.45. The Kier molecular flexibility index (Phi) is 10.0. The van der Waals surface area contributed by atoms with E-state index in [0.29, 0.717) is 6.61 Å². The van der Waals surface area contributed by atoms with Crippen LogP contribution in [0.4, 0.5) is 0 Å². The minimum Gasteiger partial charge on any atom is -0.497 e. The van der Waals surface area contributed by atoms with E-state index in [2.05, 4.69) is 6.58 Å². The SMILES string of the molecule is C=C[C@@H](OCc1ccc(OC)cc1)[C@](C=O)(COCc1ccc(OC)cc1)OCc1ccccc1. The van der Waals surface area contributed by atoms with Crippen molar-refractivity contribution in [1.82, 2.24) is 0 Å². The molecule has 184 valence electrons. The molecular formula is C29H32O6. The molecule has 0 bridgehead atoms. The fourth-order valence-electron chi connectivity index (χ4n) is 3.50. The molecular weight excluding hydrogens is 444 g/mol. The minimum absolute atomic E-state index is 0.00530. The molecule has 3 aromatic carbocycles. The second-order valence-electron chi connectivity index (χ2n) is 8.00. The molecule has 35 heavy (non-hydrogen) atoms. The van der Waals surface area contributed by atoms with E-state index in [1.165, 1.54) is 0 Å². The summed E-state index contributed by atoms with van der Waals surface area (Å²) in [5.74, 6) is 1.52. The Balaban J connectivity index is 1.73. The van der Waals surface area contributed by atoms with E-state index < -0.39 is 11.7 Å². The van der Waals surface area contributed by atoms with E-state index in [9.17, 15) is 4.79 Å². The zero-order chi connectivity index (χ0) is 24.9. The lowest BCUT2D eigenvalue weighted by Crippen LogP contribution is -2.50. The van der Waals surface area contributed by atoms with E-state index in [-0.39, 0.29) is 19.8 Å². The molecule has 6 nitrogen and oxygen atoms in total. The van der Waals surface area contributed by atoms with E-state index in [1.54, 1.807) is 20.3 Å². The number of benzene rings is 3. The van der Waals surface area contributed by atoms with Gasteiger partial charge in [0, 0.05) is 0 Å². The van der Waals surface area contributed by atoms with Crippen molar-refractivity contribution in [2.75, 3.05) is 20.8 Å². The Bertz CT molecular complexity index is 1030. The number of aldehydes is 1. The number of hydrogen-bond acceptors (Lipinski definition) is 6. The van der Waals surface area contributed by atoms with Crippen LogP contribution in [-0.4, -0.2) is 38.8 Å². The summed E-state index contributed by atoms with van der Waals surface area (Å²) in [5.41, 5.74) is 1.44. The molecule has 0 unspecified atom stereocenters. The van der Waals surface area contributed by atoms with Crippen LogP contribution in [0.5, 0.6) is 11.5 Å². The Morgan fingerprint density at radius 2 is 1.31 bits per heavy atom. The second-order valence-corrected chi connectivity index (χ2v) is 8.00. The molecule has 0 heterocycles. The summed E-state index contributed by atoms with van der Waals surface area (Å²) < 4.78 is 28.7. The van der Waals surface area contributed by atoms with Gasteiger partial charge < -0.3 is 23.7 Å². The summed E-state index contributed by atoms with van der Waals surface area (Å²) in [5, 5.41) is 0. The lowest BCUT2D eigenvalue weighted by molar-refractivity contribution is -0.174. The molecule has 0 fully saturated rings. The van der Waals surface area contributed by atoms with Crippen LogP contribution >= 0.6 is 0 Å². The van der Waals surface area contributed by atoms with Crippen molar-refractivity contribution >= 4 is 6.29 Å². The third kappa shape index (κ3) is 7.52. The van der Waals surface area contributed by atoms with Crippen LogP contribution in [-0.2, 0) is 38.8 Å². The molecule has 0 amide bonds. The smallest absolute Gasteiger partial charge is 0.176 e. The molecule has 0 radical (unpaired) electrons.